The molecule has 0 radical (unpaired) electrons. The Labute approximate surface area is 196 Å². The molecule has 180 valence electrons. The summed E-state index contributed by atoms with van der Waals surface area (Å²) in [5.41, 5.74) is 2.41. The number of aryl methyl sites for hydroxylation is 2. The Morgan fingerprint density at radius 2 is 1.91 bits per heavy atom. The molecule has 0 bridgehead atoms. The molecule has 1 saturated heterocycles. The molecule has 1 fully saturated rings. The van der Waals surface area contributed by atoms with E-state index < -0.39 is 10.0 Å². The van der Waals surface area contributed by atoms with Gasteiger partial charge >= 0.3 is 0 Å². The second-order valence-corrected chi connectivity index (χ2v) is 10.1. The summed E-state index contributed by atoms with van der Waals surface area (Å²) < 4.78 is 38.8. The third kappa shape index (κ3) is 6.52. The average Bonchev–Trinajstić information content (AvgIpc) is 3.19. The smallest absolute Gasteiger partial charge is 0.248 e. The lowest BCUT2D eigenvalue weighted by atomic mass is 9.97. The van der Waals surface area contributed by atoms with Gasteiger partial charge in [0.25, 0.3) is 0 Å². The van der Waals surface area contributed by atoms with Gasteiger partial charge in [-0.25, -0.2) is 8.42 Å². The first-order chi connectivity index (χ1) is 15.8. The molecule has 1 N–H and O–H groups in total. The fourth-order valence-corrected chi connectivity index (χ4v) is 5.53. The van der Waals surface area contributed by atoms with Crippen LogP contribution in [0.3, 0.4) is 0 Å². The third-order valence-electron chi connectivity index (χ3n) is 5.73. The molecule has 1 aromatic heterocycles. The summed E-state index contributed by atoms with van der Waals surface area (Å²) in [5.74, 6) is 0.00156. The van der Waals surface area contributed by atoms with Gasteiger partial charge < -0.3 is 14.6 Å². The highest BCUT2D eigenvalue weighted by Crippen LogP contribution is 2.29. The van der Waals surface area contributed by atoms with Crippen molar-refractivity contribution in [2.45, 2.75) is 44.9 Å². The van der Waals surface area contributed by atoms with Gasteiger partial charge in [-0.15, -0.1) is 0 Å². The molecule has 1 amide bonds. The van der Waals surface area contributed by atoms with Crippen LogP contribution in [0.1, 0.15) is 48.8 Å². The molecule has 0 saturated carbocycles. The minimum absolute atomic E-state index is 0.0218. The number of benzene rings is 1. The Bertz CT molecular complexity index is 1050. The van der Waals surface area contributed by atoms with E-state index in [0.717, 1.165) is 17.5 Å². The van der Waals surface area contributed by atoms with Crippen molar-refractivity contribution in [2.75, 3.05) is 32.8 Å². The Hall–Kier alpha value is -2.49. The van der Waals surface area contributed by atoms with Crippen LogP contribution in [0.25, 0.3) is 12.2 Å². The molecule has 0 unspecified atom stereocenters. The first kappa shape index (κ1) is 25.1. The first-order valence-electron chi connectivity index (χ1n) is 11.4. The highest BCUT2D eigenvalue weighted by atomic mass is 32.2. The summed E-state index contributed by atoms with van der Waals surface area (Å²) >= 11 is 0. The minimum atomic E-state index is -3.79. The molecule has 9 heteroatoms. The SMILES string of the molecule is CCOCCCNC(=O)C1CCN(S(=O)(=O)c2c(C)noc2/C=C/c2ccc(C)cc2)CC1. The molecule has 2 aromatic rings. The van der Waals surface area contributed by atoms with Crippen LogP contribution in [0.2, 0.25) is 0 Å². The second-order valence-electron chi connectivity index (χ2n) is 8.23. The van der Waals surface area contributed by atoms with Crippen molar-refractivity contribution in [3.8, 4) is 0 Å². The number of nitrogens with zero attached hydrogens (tertiary/aromatic N) is 2. The van der Waals surface area contributed by atoms with Crippen molar-refractivity contribution in [3.05, 3.63) is 46.8 Å². The van der Waals surface area contributed by atoms with E-state index in [1.807, 2.05) is 38.1 Å². The van der Waals surface area contributed by atoms with Gasteiger partial charge in [-0.2, -0.15) is 4.31 Å². The van der Waals surface area contributed by atoms with E-state index in [-0.39, 0.29) is 35.6 Å². The maximum Gasteiger partial charge on any atom is 0.248 e. The topological polar surface area (TPSA) is 102 Å². The largest absolute Gasteiger partial charge is 0.382 e. The number of carbonyl (C=O) groups excluding carboxylic acids is 1. The van der Waals surface area contributed by atoms with Gasteiger partial charge in [-0.3, -0.25) is 4.79 Å². The lowest BCUT2D eigenvalue weighted by Crippen LogP contribution is -2.43. The highest BCUT2D eigenvalue weighted by molar-refractivity contribution is 7.89. The molecule has 8 nitrogen and oxygen atoms in total. The average molecular weight is 476 g/mol. The number of aromatic nitrogens is 1. The van der Waals surface area contributed by atoms with Gasteiger partial charge in [0.1, 0.15) is 5.69 Å². The van der Waals surface area contributed by atoms with E-state index in [1.165, 1.54) is 4.31 Å². The van der Waals surface area contributed by atoms with Gasteiger partial charge in [0.15, 0.2) is 10.7 Å². The van der Waals surface area contributed by atoms with Crippen molar-refractivity contribution in [2.24, 2.45) is 5.92 Å². The normalized spacial score (nSPS) is 15.8. The summed E-state index contributed by atoms with van der Waals surface area (Å²) in [6.45, 7) is 7.98. The zero-order valence-corrected chi connectivity index (χ0v) is 20.4. The molecule has 3 rings (SSSR count). The van der Waals surface area contributed by atoms with Crippen molar-refractivity contribution in [3.63, 3.8) is 0 Å². The first-order valence-corrected chi connectivity index (χ1v) is 12.8. The third-order valence-corrected chi connectivity index (χ3v) is 7.79. The lowest BCUT2D eigenvalue weighted by molar-refractivity contribution is -0.126. The molecule has 0 spiro atoms. The Kier molecular flexibility index (Phi) is 8.82. The molecule has 33 heavy (non-hydrogen) atoms. The molecular formula is C24H33N3O5S. The quantitative estimate of drug-likeness (QED) is 0.529. The summed E-state index contributed by atoms with van der Waals surface area (Å²) in [4.78, 5) is 12.5. The second kappa shape index (κ2) is 11.6. The van der Waals surface area contributed by atoms with E-state index in [0.29, 0.717) is 38.3 Å². The molecular weight excluding hydrogens is 442 g/mol. The van der Waals surface area contributed by atoms with Crippen LogP contribution in [-0.2, 0) is 19.6 Å². The Morgan fingerprint density at radius 1 is 1.21 bits per heavy atom. The molecule has 1 aromatic carbocycles. The maximum atomic E-state index is 13.4. The number of piperidine rings is 1. The van der Waals surface area contributed by atoms with Crippen molar-refractivity contribution < 1.29 is 22.5 Å². The summed E-state index contributed by atoms with van der Waals surface area (Å²) in [5, 5.41) is 6.82. The molecule has 0 atom stereocenters. The monoisotopic (exact) mass is 475 g/mol. The number of ether oxygens (including phenoxy) is 1. The minimum Gasteiger partial charge on any atom is -0.382 e. The molecule has 0 aliphatic carbocycles. The zero-order valence-electron chi connectivity index (χ0n) is 19.5. The van der Waals surface area contributed by atoms with E-state index in [4.69, 9.17) is 9.26 Å². The molecule has 1 aliphatic heterocycles. The van der Waals surface area contributed by atoms with Gasteiger partial charge in [0.05, 0.1) is 0 Å². The van der Waals surface area contributed by atoms with Gasteiger partial charge in [0.2, 0.25) is 15.9 Å². The number of hydrogen-bond donors (Lipinski definition) is 1. The lowest BCUT2D eigenvalue weighted by Gasteiger charge is -2.30. The van der Waals surface area contributed by atoms with Crippen LogP contribution in [0, 0.1) is 19.8 Å². The number of rotatable bonds is 10. The van der Waals surface area contributed by atoms with Gasteiger partial charge in [-0.1, -0.05) is 41.1 Å². The fourth-order valence-electron chi connectivity index (χ4n) is 3.81. The number of amides is 1. The standard InChI is InChI=1S/C24H33N3O5S/c1-4-31-17-5-14-25-24(28)21-12-15-27(16-13-21)33(29,30)23-19(3)26-32-22(23)11-10-20-8-6-18(2)7-9-20/h6-11,21H,4-5,12-17H2,1-3H3,(H,25,28)/b11-10+. The highest BCUT2D eigenvalue weighted by Gasteiger charge is 2.35. The van der Waals surface area contributed by atoms with E-state index in [1.54, 1.807) is 19.1 Å². The summed E-state index contributed by atoms with van der Waals surface area (Å²) in [7, 11) is -3.79. The van der Waals surface area contributed by atoms with Crippen LogP contribution in [-0.4, -0.2) is 56.6 Å². The Balaban J connectivity index is 1.62. The van der Waals surface area contributed by atoms with Crippen molar-refractivity contribution in [1.82, 2.24) is 14.8 Å². The molecule has 2 heterocycles. The van der Waals surface area contributed by atoms with E-state index in [9.17, 15) is 13.2 Å². The van der Waals surface area contributed by atoms with Gasteiger partial charge in [0, 0.05) is 38.8 Å². The van der Waals surface area contributed by atoms with Gasteiger partial charge in [-0.05, 0) is 51.7 Å². The van der Waals surface area contributed by atoms with Crippen LogP contribution >= 0.6 is 0 Å². The van der Waals surface area contributed by atoms with Crippen LogP contribution < -0.4 is 5.32 Å². The zero-order chi connectivity index (χ0) is 23.8. The fraction of sp³-hybridized carbons (Fsp3) is 0.500. The van der Waals surface area contributed by atoms with E-state index >= 15 is 0 Å². The number of hydrogen-bond acceptors (Lipinski definition) is 6. The number of sulfonamides is 1. The number of carbonyl (C=O) groups is 1. The molecule has 1 aliphatic rings. The van der Waals surface area contributed by atoms with E-state index in [2.05, 4.69) is 10.5 Å². The summed E-state index contributed by atoms with van der Waals surface area (Å²) in [6, 6.07) is 7.89. The maximum absolute atomic E-state index is 13.4. The van der Waals surface area contributed by atoms with Crippen LogP contribution in [0.15, 0.2) is 33.7 Å². The number of nitrogens with one attached hydrogen (secondary N) is 1. The van der Waals surface area contributed by atoms with Crippen LogP contribution in [0.5, 0.6) is 0 Å². The predicted molar refractivity (Wildman–Crippen MR) is 127 cm³/mol. The summed E-state index contributed by atoms with van der Waals surface area (Å²) in [6.07, 6.45) is 5.17. The van der Waals surface area contributed by atoms with Crippen LogP contribution in [0.4, 0.5) is 0 Å². The van der Waals surface area contributed by atoms with Crippen molar-refractivity contribution >= 4 is 28.1 Å². The van der Waals surface area contributed by atoms with Crippen molar-refractivity contribution in [1.29, 1.82) is 0 Å². The predicted octanol–water partition coefficient (Wildman–Crippen LogP) is 3.41. The Morgan fingerprint density at radius 3 is 2.58 bits per heavy atom.